The normalized spacial score (nSPS) is 17.5. The van der Waals surface area contributed by atoms with Crippen LogP contribution in [0.1, 0.15) is 37.7 Å². The standard InChI is InChI=1S/C25H25ClN2O3/c1-31-22-13-17(12-20(26)24(22)30)16-5-6-21-18(11-16)23(28-9-3-2-4-10-28)19(14-27-21)25(15-29)7-8-25/h5-6,11-15,30H,2-4,7-10H2,1H3. The summed E-state index contributed by atoms with van der Waals surface area (Å²) in [4.78, 5) is 19.1. The van der Waals surface area contributed by atoms with Crippen molar-refractivity contribution in [2.24, 2.45) is 0 Å². The fourth-order valence-corrected chi connectivity index (χ4v) is 4.87. The second-order valence-corrected chi connectivity index (χ2v) is 8.99. The van der Waals surface area contributed by atoms with Gasteiger partial charge in [-0.25, -0.2) is 0 Å². The van der Waals surface area contributed by atoms with Gasteiger partial charge in [0, 0.05) is 30.2 Å². The molecule has 2 heterocycles. The smallest absolute Gasteiger partial charge is 0.176 e. The van der Waals surface area contributed by atoms with Crippen LogP contribution in [-0.2, 0) is 10.2 Å². The van der Waals surface area contributed by atoms with Gasteiger partial charge < -0.3 is 19.5 Å². The molecule has 0 atom stereocenters. The van der Waals surface area contributed by atoms with Crippen LogP contribution >= 0.6 is 11.6 Å². The summed E-state index contributed by atoms with van der Waals surface area (Å²) in [7, 11) is 1.51. The van der Waals surface area contributed by atoms with E-state index in [1.807, 2.05) is 18.3 Å². The number of hydrogen-bond acceptors (Lipinski definition) is 5. The molecule has 1 aliphatic carbocycles. The molecule has 2 aliphatic rings. The molecule has 2 fully saturated rings. The van der Waals surface area contributed by atoms with Gasteiger partial charge >= 0.3 is 0 Å². The number of pyridine rings is 1. The Bertz CT molecular complexity index is 1170. The van der Waals surface area contributed by atoms with Crippen molar-refractivity contribution in [3.05, 3.63) is 47.1 Å². The molecule has 5 rings (SSSR count). The van der Waals surface area contributed by atoms with E-state index in [0.29, 0.717) is 5.75 Å². The van der Waals surface area contributed by atoms with Gasteiger partial charge in [0.15, 0.2) is 11.5 Å². The molecule has 2 aromatic carbocycles. The summed E-state index contributed by atoms with van der Waals surface area (Å²) in [5.41, 5.74) is 4.53. The molecule has 1 saturated heterocycles. The predicted octanol–water partition coefficient (Wildman–Crippen LogP) is 5.49. The lowest BCUT2D eigenvalue weighted by atomic mass is 9.92. The van der Waals surface area contributed by atoms with Crippen LogP contribution in [0, 0.1) is 0 Å². The molecule has 1 saturated carbocycles. The van der Waals surface area contributed by atoms with Gasteiger partial charge in [-0.3, -0.25) is 4.98 Å². The van der Waals surface area contributed by atoms with E-state index in [2.05, 4.69) is 11.0 Å². The minimum Gasteiger partial charge on any atom is -0.503 e. The van der Waals surface area contributed by atoms with E-state index in [0.717, 1.165) is 78.3 Å². The highest BCUT2D eigenvalue weighted by molar-refractivity contribution is 6.32. The number of nitrogens with zero attached hydrogens (tertiary/aromatic N) is 2. The third-order valence-electron chi connectivity index (χ3n) is 6.64. The number of aldehydes is 1. The third-order valence-corrected chi connectivity index (χ3v) is 6.93. The Kier molecular flexibility index (Phi) is 5.01. The second-order valence-electron chi connectivity index (χ2n) is 8.58. The number of piperidine rings is 1. The summed E-state index contributed by atoms with van der Waals surface area (Å²) >= 11 is 6.24. The van der Waals surface area contributed by atoms with Crippen LogP contribution in [0.2, 0.25) is 5.02 Å². The summed E-state index contributed by atoms with van der Waals surface area (Å²) in [6.07, 6.45) is 8.34. The van der Waals surface area contributed by atoms with Crippen molar-refractivity contribution >= 4 is 34.5 Å². The minimum absolute atomic E-state index is 0.0617. The summed E-state index contributed by atoms with van der Waals surface area (Å²) in [6.45, 7) is 1.98. The van der Waals surface area contributed by atoms with E-state index in [1.54, 1.807) is 12.1 Å². The number of aromatic nitrogens is 1. The lowest BCUT2D eigenvalue weighted by Gasteiger charge is -2.33. The number of phenols is 1. The number of rotatable bonds is 5. The Labute approximate surface area is 186 Å². The number of phenolic OH excluding ortho intramolecular Hbond substituents is 1. The van der Waals surface area contributed by atoms with Crippen molar-refractivity contribution in [1.82, 2.24) is 4.98 Å². The molecule has 0 bridgehead atoms. The lowest BCUT2D eigenvalue weighted by molar-refractivity contribution is -0.109. The first kappa shape index (κ1) is 20.1. The fourth-order valence-electron chi connectivity index (χ4n) is 4.66. The maximum atomic E-state index is 12.0. The molecule has 5 nitrogen and oxygen atoms in total. The van der Waals surface area contributed by atoms with Gasteiger partial charge in [-0.05, 0) is 67.5 Å². The predicted molar refractivity (Wildman–Crippen MR) is 123 cm³/mol. The number of methoxy groups -OCH3 is 1. The van der Waals surface area contributed by atoms with E-state index in [4.69, 9.17) is 21.3 Å². The fraction of sp³-hybridized carbons (Fsp3) is 0.360. The number of carbonyl (C=O) groups excluding carboxylic acids is 1. The van der Waals surface area contributed by atoms with E-state index < -0.39 is 5.41 Å². The molecule has 0 amide bonds. The van der Waals surface area contributed by atoms with Crippen LogP contribution in [-0.4, -0.2) is 36.6 Å². The highest BCUT2D eigenvalue weighted by atomic mass is 35.5. The van der Waals surface area contributed by atoms with Crippen LogP contribution < -0.4 is 9.64 Å². The Hall–Kier alpha value is -2.79. The molecule has 3 aromatic rings. The van der Waals surface area contributed by atoms with Crippen LogP contribution in [0.4, 0.5) is 5.69 Å². The van der Waals surface area contributed by atoms with Gasteiger partial charge in [0.25, 0.3) is 0 Å². The number of carbonyl (C=O) groups is 1. The summed E-state index contributed by atoms with van der Waals surface area (Å²) in [6, 6.07) is 9.67. The lowest BCUT2D eigenvalue weighted by Crippen LogP contribution is -2.31. The zero-order valence-corrected chi connectivity index (χ0v) is 18.3. The Morgan fingerprint density at radius 2 is 1.90 bits per heavy atom. The second kappa shape index (κ2) is 7.72. The maximum absolute atomic E-state index is 12.0. The third kappa shape index (κ3) is 3.41. The number of aromatic hydroxyl groups is 1. The molecule has 1 aliphatic heterocycles. The van der Waals surface area contributed by atoms with Crippen LogP contribution in [0.15, 0.2) is 36.5 Å². The number of hydrogen-bond donors (Lipinski definition) is 1. The zero-order chi connectivity index (χ0) is 21.6. The summed E-state index contributed by atoms with van der Waals surface area (Å²) in [5.74, 6) is 0.275. The van der Waals surface area contributed by atoms with Crippen molar-refractivity contribution in [3.8, 4) is 22.6 Å². The van der Waals surface area contributed by atoms with E-state index in [-0.39, 0.29) is 10.8 Å². The number of halogens is 1. The zero-order valence-electron chi connectivity index (χ0n) is 17.5. The average Bonchev–Trinajstić information content (AvgIpc) is 3.61. The molecule has 1 aromatic heterocycles. The van der Waals surface area contributed by atoms with Crippen molar-refractivity contribution < 1.29 is 14.6 Å². The monoisotopic (exact) mass is 436 g/mol. The first-order valence-corrected chi connectivity index (χ1v) is 11.2. The first-order valence-electron chi connectivity index (χ1n) is 10.8. The first-order chi connectivity index (χ1) is 15.1. The van der Waals surface area contributed by atoms with Gasteiger partial charge in [0.05, 0.1) is 28.8 Å². The van der Waals surface area contributed by atoms with Crippen LogP contribution in [0.3, 0.4) is 0 Å². The molecular weight excluding hydrogens is 412 g/mol. The van der Waals surface area contributed by atoms with Crippen molar-refractivity contribution in [2.45, 2.75) is 37.5 Å². The van der Waals surface area contributed by atoms with Gasteiger partial charge in [0.2, 0.25) is 0 Å². The molecule has 160 valence electrons. The highest BCUT2D eigenvalue weighted by Gasteiger charge is 2.47. The number of ether oxygens (including phenoxy) is 1. The van der Waals surface area contributed by atoms with Gasteiger partial charge in [-0.15, -0.1) is 0 Å². The molecule has 6 heteroatoms. The molecule has 0 radical (unpaired) electrons. The molecule has 0 spiro atoms. The van der Waals surface area contributed by atoms with Crippen molar-refractivity contribution in [3.63, 3.8) is 0 Å². The van der Waals surface area contributed by atoms with Crippen LogP contribution in [0.5, 0.6) is 11.5 Å². The number of anilines is 1. The number of benzene rings is 2. The van der Waals surface area contributed by atoms with Gasteiger partial charge in [-0.2, -0.15) is 0 Å². The molecule has 1 N–H and O–H groups in total. The Morgan fingerprint density at radius 3 is 2.58 bits per heavy atom. The molecule has 31 heavy (non-hydrogen) atoms. The largest absolute Gasteiger partial charge is 0.503 e. The van der Waals surface area contributed by atoms with Gasteiger partial charge in [0.1, 0.15) is 6.29 Å². The Morgan fingerprint density at radius 1 is 1.13 bits per heavy atom. The maximum Gasteiger partial charge on any atom is 0.176 e. The van der Waals surface area contributed by atoms with E-state index in [1.165, 1.54) is 13.5 Å². The topological polar surface area (TPSA) is 62.7 Å². The quantitative estimate of drug-likeness (QED) is 0.536. The SMILES string of the molecule is COc1cc(-c2ccc3ncc(C4(C=O)CC4)c(N4CCCCC4)c3c2)cc(Cl)c1O. The molecule has 0 unspecified atom stereocenters. The summed E-state index contributed by atoms with van der Waals surface area (Å²) < 4.78 is 5.29. The van der Waals surface area contributed by atoms with Gasteiger partial charge in [-0.1, -0.05) is 17.7 Å². The number of fused-ring (bicyclic) bond motifs is 1. The van der Waals surface area contributed by atoms with E-state index >= 15 is 0 Å². The van der Waals surface area contributed by atoms with Crippen LogP contribution in [0.25, 0.3) is 22.0 Å². The minimum atomic E-state index is -0.394. The van der Waals surface area contributed by atoms with Crippen molar-refractivity contribution in [1.29, 1.82) is 0 Å². The molecular formula is C25H25ClN2O3. The highest BCUT2D eigenvalue weighted by Crippen LogP contribution is 2.51. The average molecular weight is 437 g/mol. The Balaban J connectivity index is 1.72. The summed E-state index contributed by atoms with van der Waals surface area (Å²) in [5, 5.41) is 11.4. The van der Waals surface area contributed by atoms with Crippen molar-refractivity contribution in [2.75, 3.05) is 25.1 Å². The van der Waals surface area contributed by atoms with E-state index in [9.17, 15) is 9.90 Å².